The number of hydrogen-bond donors (Lipinski definition) is 2. The van der Waals surface area contributed by atoms with E-state index in [-0.39, 0.29) is 35.5 Å². The number of amides is 2. The third-order valence-corrected chi connectivity index (χ3v) is 3.45. The fraction of sp³-hybridized carbons (Fsp3) is 0.500. The molecule has 2 heterocycles. The number of H-pyrrole nitrogens is 1. The Morgan fingerprint density at radius 1 is 1.45 bits per heavy atom. The molecule has 0 radical (unpaired) electrons. The van der Waals surface area contributed by atoms with Crippen LogP contribution in [0.3, 0.4) is 0 Å². The number of carbonyl (C=O) groups is 2. The van der Waals surface area contributed by atoms with Crippen molar-refractivity contribution in [3.63, 3.8) is 0 Å². The summed E-state index contributed by atoms with van der Waals surface area (Å²) in [5.41, 5.74) is 0.660. The Morgan fingerprint density at radius 2 is 2.20 bits per heavy atom. The van der Waals surface area contributed by atoms with Crippen LogP contribution in [0.25, 0.3) is 0 Å². The summed E-state index contributed by atoms with van der Waals surface area (Å²) in [6.07, 6.45) is 1.60. The van der Waals surface area contributed by atoms with Crippen molar-refractivity contribution in [3.8, 4) is 0 Å². The van der Waals surface area contributed by atoms with Crippen molar-refractivity contribution in [3.05, 3.63) is 28.2 Å². The van der Waals surface area contributed by atoms with Gasteiger partial charge in [0, 0.05) is 31.1 Å². The summed E-state index contributed by atoms with van der Waals surface area (Å²) in [5, 5.41) is 2.59. The van der Waals surface area contributed by atoms with Gasteiger partial charge in [0.1, 0.15) is 5.69 Å². The van der Waals surface area contributed by atoms with Crippen LogP contribution < -0.4 is 10.9 Å². The molecule has 6 heteroatoms. The quantitative estimate of drug-likeness (QED) is 0.862. The van der Waals surface area contributed by atoms with E-state index in [0.717, 1.165) is 12.1 Å². The molecule has 0 aromatic carbocycles. The third kappa shape index (κ3) is 3.26. The number of likely N-dealkylation sites (tertiary alicyclic amines) is 1. The molecule has 1 fully saturated rings. The number of anilines is 1. The van der Waals surface area contributed by atoms with Crippen molar-refractivity contribution in [1.29, 1.82) is 0 Å². The first-order chi connectivity index (χ1) is 9.47. The number of aromatic nitrogens is 1. The molecule has 2 rings (SSSR count). The van der Waals surface area contributed by atoms with Gasteiger partial charge in [0.15, 0.2) is 0 Å². The topological polar surface area (TPSA) is 82.3 Å². The lowest BCUT2D eigenvalue weighted by molar-refractivity contribution is -0.130. The lowest BCUT2D eigenvalue weighted by Gasteiger charge is -2.23. The van der Waals surface area contributed by atoms with Gasteiger partial charge in [-0.05, 0) is 32.4 Å². The van der Waals surface area contributed by atoms with Gasteiger partial charge in [-0.2, -0.15) is 0 Å². The molecule has 2 N–H and O–H groups in total. The molecule has 1 aliphatic rings. The molecule has 1 aliphatic heterocycles. The number of nitrogens with one attached hydrogen (secondary N) is 2. The molecule has 0 bridgehead atoms. The van der Waals surface area contributed by atoms with Crippen molar-refractivity contribution in [2.45, 2.75) is 39.2 Å². The predicted molar refractivity (Wildman–Crippen MR) is 75.5 cm³/mol. The van der Waals surface area contributed by atoms with Crippen molar-refractivity contribution >= 4 is 17.5 Å². The first kappa shape index (κ1) is 14.3. The Morgan fingerprint density at radius 3 is 2.80 bits per heavy atom. The number of carbonyl (C=O) groups excluding carboxylic acids is 2. The van der Waals surface area contributed by atoms with Gasteiger partial charge in [-0.15, -0.1) is 0 Å². The minimum Gasteiger partial charge on any atom is -0.339 e. The van der Waals surface area contributed by atoms with Gasteiger partial charge in [-0.25, -0.2) is 0 Å². The molecular formula is C14H19N3O3. The van der Waals surface area contributed by atoms with Crippen LogP contribution in [0.15, 0.2) is 16.9 Å². The second-order valence-electron chi connectivity index (χ2n) is 5.18. The lowest BCUT2D eigenvalue weighted by atomic mass is 10.2. The van der Waals surface area contributed by atoms with E-state index in [1.54, 1.807) is 24.0 Å². The highest BCUT2D eigenvalue weighted by atomic mass is 16.2. The molecule has 6 nitrogen and oxygen atoms in total. The van der Waals surface area contributed by atoms with E-state index in [4.69, 9.17) is 0 Å². The molecule has 20 heavy (non-hydrogen) atoms. The van der Waals surface area contributed by atoms with Crippen LogP contribution >= 0.6 is 0 Å². The monoisotopic (exact) mass is 277 g/mol. The Labute approximate surface area is 117 Å². The SMILES string of the molecule is Cc1ccc(NC(=O)C[C@@H](C)N2CCCC2=O)c(=O)[nH]1. The molecule has 1 aromatic rings. The average Bonchev–Trinajstić information content (AvgIpc) is 2.79. The van der Waals surface area contributed by atoms with Gasteiger partial charge in [-0.3, -0.25) is 14.4 Å². The molecule has 1 aromatic heterocycles. The standard InChI is InChI=1S/C14H19N3O3/c1-9-5-6-11(14(20)15-9)16-12(18)8-10(2)17-7-3-4-13(17)19/h5-6,10H,3-4,7-8H2,1-2H3,(H,15,20)(H,16,18)/t10-/m1/s1. The number of hydrogen-bond acceptors (Lipinski definition) is 3. The predicted octanol–water partition coefficient (Wildman–Crippen LogP) is 1.02. The minimum absolute atomic E-state index is 0.0958. The lowest BCUT2D eigenvalue weighted by Crippen LogP contribution is -2.37. The summed E-state index contributed by atoms with van der Waals surface area (Å²) in [7, 11) is 0. The first-order valence-corrected chi connectivity index (χ1v) is 6.76. The van der Waals surface area contributed by atoms with E-state index in [9.17, 15) is 14.4 Å². The minimum atomic E-state index is -0.316. The number of pyridine rings is 1. The number of aryl methyl sites for hydroxylation is 1. The van der Waals surface area contributed by atoms with E-state index in [1.807, 2.05) is 6.92 Å². The zero-order valence-electron chi connectivity index (χ0n) is 11.7. The summed E-state index contributed by atoms with van der Waals surface area (Å²) in [6.45, 7) is 4.33. The fourth-order valence-corrected chi connectivity index (χ4v) is 2.39. The van der Waals surface area contributed by atoms with Gasteiger partial charge < -0.3 is 15.2 Å². The second kappa shape index (κ2) is 5.90. The summed E-state index contributed by atoms with van der Waals surface area (Å²) in [4.78, 5) is 39.5. The zero-order chi connectivity index (χ0) is 14.7. The maximum Gasteiger partial charge on any atom is 0.271 e. The van der Waals surface area contributed by atoms with Crippen molar-refractivity contribution in [2.75, 3.05) is 11.9 Å². The molecular weight excluding hydrogens is 258 g/mol. The second-order valence-corrected chi connectivity index (χ2v) is 5.18. The van der Waals surface area contributed by atoms with Gasteiger partial charge in [-0.1, -0.05) is 0 Å². The van der Waals surface area contributed by atoms with Crippen LogP contribution in [0.1, 0.15) is 31.9 Å². The molecule has 0 saturated carbocycles. The van der Waals surface area contributed by atoms with Crippen LogP contribution in [0.4, 0.5) is 5.69 Å². The van der Waals surface area contributed by atoms with E-state index in [0.29, 0.717) is 13.0 Å². The normalized spacial score (nSPS) is 16.3. The summed E-state index contributed by atoms with van der Waals surface area (Å²) >= 11 is 0. The highest BCUT2D eigenvalue weighted by Gasteiger charge is 2.26. The zero-order valence-corrected chi connectivity index (χ0v) is 11.7. The van der Waals surface area contributed by atoms with E-state index >= 15 is 0 Å². The highest BCUT2D eigenvalue weighted by molar-refractivity contribution is 5.91. The Hall–Kier alpha value is -2.11. The van der Waals surface area contributed by atoms with Gasteiger partial charge in [0.25, 0.3) is 5.56 Å². The number of aromatic amines is 1. The van der Waals surface area contributed by atoms with Crippen LogP contribution in [0.2, 0.25) is 0 Å². The average molecular weight is 277 g/mol. The van der Waals surface area contributed by atoms with Crippen LogP contribution in [-0.2, 0) is 9.59 Å². The fourth-order valence-electron chi connectivity index (χ4n) is 2.39. The number of rotatable bonds is 4. The van der Waals surface area contributed by atoms with Gasteiger partial charge in [0.2, 0.25) is 11.8 Å². The smallest absolute Gasteiger partial charge is 0.271 e. The highest BCUT2D eigenvalue weighted by Crippen LogP contribution is 2.15. The van der Waals surface area contributed by atoms with E-state index in [2.05, 4.69) is 10.3 Å². The molecule has 108 valence electrons. The summed E-state index contributed by atoms with van der Waals surface area (Å²) in [5.74, 6) is -0.162. The summed E-state index contributed by atoms with van der Waals surface area (Å²) < 4.78 is 0. The van der Waals surface area contributed by atoms with Gasteiger partial charge >= 0.3 is 0 Å². The van der Waals surface area contributed by atoms with Crippen molar-refractivity contribution in [2.24, 2.45) is 0 Å². The summed E-state index contributed by atoms with van der Waals surface area (Å²) in [6, 6.07) is 3.16. The first-order valence-electron chi connectivity index (χ1n) is 6.76. The molecule has 0 aliphatic carbocycles. The van der Waals surface area contributed by atoms with Crippen LogP contribution in [0.5, 0.6) is 0 Å². The molecule has 2 amide bonds. The third-order valence-electron chi connectivity index (χ3n) is 3.45. The van der Waals surface area contributed by atoms with E-state index in [1.165, 1.54) is 0 Å². The number of nitrogens with zero attached hydrogens (tertiary/aromatic N) is 1. The van der Waals surface area contributed by atoms with Crippen molar-refractivity contribution < 1.29 is 9.59 Å². The molecule has 0 spiro atoms. The molecule has 1 saturated heterocycles. The molecule has 1 atom stereocenters. The van der Waals surface area contributed by atoms with Crippen molar-refractivity contribution in [1.82, 2.24) is 9.88 Å². The maximum atomic E-state index is 11.9. The maximum absolute atomic E-state index is 11.9. The Kier molecular flexibility index (Phi) is 4.22. The van der Waals surface area contributed by atoms with E-state index < -0.39 is 0 Å². The Balaban J connectivity index is 1.95. The largest absolute Gasteiger partial charge is 0.339 e. The van der Waals surface area contributed by atoms with Crippen LogP contribution in [-0.4, -0.2) is 34.3 Å². The van der Waals surface area contributed by atoms with Crippen LogP contribution in [0, 0.1) is 6.92 Å². The Bertz CT molecular complexity index is 579. The van der Waals surface area contributed by atoms with Gasteiger partial charge in [0.05, 0.1) is 0 Å². The molecule has 0 unspecified atom stereocenters.